The van der Waals surface area contributed by atoms with Crippen LogP contribution in [0.25, 0.3) is 21.9 Å². The Morgan fingerprint density at radius 2 is 1.79 bits per heavy atom. The lowest BCUT2D eigenvalue weighted by molar-refractivity contribution is -0.135. The number of likely N-dealkylation sites (tertiary alicyclic amines) is 1. The van der Waals surface area contributed by atoms with Crippen molar-refractivity contribution in [2.45, 2.75) is 82.5 Å². The lowest BCUT2D eigenvalue weighted by Crippen LogP contribution is -2.44. The van der Waals surface area contributed by atoms with Crippen molar-refractivity contribution in [2.24, 2.45) is 7.05 Å². The number of amides is 3. The monoisotopic (exact) mass is 709 g/mol. The molecule has 3 amide bonds. The summed E-state index contributed by atoms with van der Waals surface area (Å²) in [4.78, 5) is 59.6. The van der Waals surface area contributed by atoms with Gasteiger partial charge >= 0.3 is 5.69 Å². The zero-order chi connectivity index (χ0) is 36.5. The molecule has 52 heavy (non-hydrogen) atoms. The van der Waals surface area contributed by atoms with Gasteiger partial charge in [0.15, 0.2) is 0 Å². The number of anilines is 1. The standard InChI is InChI=1S/C19H23FN4O3.C19H21N5O/c1-22-9-8-11(13(20)10-22)12-4-3-5-14-17(12)23(2)19(27)24(14)15-6-7-16(25)21-18(15)26;1-13-6-5-9-16(21-13)19(25)22-18-10-14-12-24(23-17(14)11-20-18)15-7-3-2-4-8-15/h3-5,11,13,15H,6-10H2,1-2H3,(H,21,25,26);5-6,9-12,15H,2-4,7-8H2,1H3,(H,22,25). The number of carbonyl (C=O) groups is 3. The van der Waals surface area contributed by atoms with E-state index >= 15 is 0 Å². The topological polar surface area (TPSA) is 149 Å². The zero-order valence-corrected chi connectivity index (χ0v) is 29.7. The quantitative estimate of drug-likeness (QED) is 0.243. The molecular formula is C38H44FN9O4. The first-order valence-electron chi connectivity index (χ1n) is 18.0. The summed E-state index contributed by atoms with van der Waals surface area (Å²) in [6.45, 7) is 3.02. The number of alkyl halides is 1. The van der Waals surface area contributed by atoms with Gasteiger partial charge in [-0.05, 0) is 76.0 Å². The van der Waals surface area contributed by atoms with Crippen LogP contribution >= 0.6 is 0 Å². The maximum Gasteiger partial charge on any atom is 0.329 e. The van der Waals surface area contributed by atoms with Gasteiger partial charge in [-0.2, -0.15) is 5.10 Å². The highest BCUT2D eigenvalue weighted by atomic mass is 19.1. The number of nitrogens with zero attached hydrogens (tertiary/aromatic N) is 7. The van der Waals surface area contributed by atoms with E-state index in [0.29, 0.717) is 41.6 Å². The molecule has 4 aromatic heterocycles. The van der Waals surface area contributed by atoms with Gasteiger partial charge in [0, 0.05) is 43.2 Å². The number of carbonyl (C=O) groups excluding carboxylic acids is 3. The number of halogens is 1. The highest BCUT2D eigenvalue weighted by Crippen LogP contribution is 2.35. The van der Waals surface area contributed by atoms with E-state index in [-0.39, 0.29) is 36.3 Å². The number of fused-ring (bicyclic) bond motifs is 2. The Balaban J connectivity index is 0.000000162. The maximum absolute atomic E-state index is 14.8. The van der Waals surface area contributed by atoms with Gasteiger partial charge in [0.25, 0.3) is 5.91 Å². The summed E-state index contributed by atoms with van der Waals surface area (Å²) in [5.74, 6) is -0.807. The van der Waals surface area contributed by atoms with E-state index in [9.17, 15) is 23.6 Å². The highest BCUT2D eigenvalue weighted by Gasteiger charge is 2.34. The number of aromatic nitrogens is 6. The van der Waals surface area contributed by atoms with Crippen molar-refractivity contribution < 1.29 is 18.8 Å². The molecule has 0 radical (unpaired) electrons. The molecule has 6 heterocycles. The average molecular weight is 710 g/mol. The molecule has 2 saturated heterocycles. The van der Waals surface area contributed by atoms with Crippen molar-refractivity contribution >= 4 is 45.5 Å². The minimum absolute atomic E-state index is 0.195. The van der Waals surface area contributed by atoms with E-state index in [1.807, 2.05) is 49.2 Å². The number of aryl methyl sites for hydroxylation is 2. The van der Waals surface area contributed by atoms with Gasteiger partial charge in [-0.15, -0.1) is 0 Å². The minimum atomic E-state index is -1.01. The number of nitrogens with one attached hydrogen (secondary N) is 2. The van der Waals surface area contributed by atoms with Crippen LogP contribution in [0.1, 0.15) is 91.1 Å². The predicted molar refractivity (Wildman–Crippen MR) is 195 cm³/mol. The predicted octanol–water partition coefficient (Wildman–Crippen LogP) is 4.97. The SMILES string of the molecule is CN1CCC(c2cccc3c2n(C)c(=O)n3C2CCC(=O)NC2=O)C(F)C1.Cc1cccc(C(=O)Nc2cc3cn(C4CCCCC4)nc3cn2)n1. The van der Waals surface area contributed by atoms with Gasteiger partial charge in [-0.25, -0.2) is 19.2 Å². The molecule has 1 aromatic carbocycles. The largest absolute Gasteiger partial charge is 0.329 e. The van der Waals surface area contributed by atoms with Crippen LogP contribution in [0, 0.1) is 6.92 Å². The molecule has 1 saturated carbocycles. The number of hydrogen-bond acceptors (Lipinski definition) is 8. The highest BCUT2D eigenvalue weighted by molar-refractivity contribution is 6.03. The van der Waals surface area contributed by atoms with Gasteiger partial charge in [-0.3, -0.25) is 33.5 Å². The van der Waals surface area contributed by atoms with Crippen LogP contribution in [0.5, 0.6) is 0 Å². The van der Waals surface area contributed by atoms with Gasteiger partial charge in [0.1, 0.15) is 29.2 Å². The molecular weight excluding hydrogens is 665 g/mol. The van der Waals surface area contributed by atoms with E-state index in [0.717, 1.165) is 28.7 Å². The Bertz CT molecular complexity index is 2200. The van der Waals surface area contributed by atoms with Gasteiger partial charge < -0.3 is 10.2 Å². The summed E-state index contributed by atoms with van der Waals surface area (Å²) in [7, 11) is 3.55. The molecule has 13 nitrogen and oxygen atoms in total. The first kappa shape index (κ1) is 35.2. The molecule has 3 unspecified atom stereocenters. The Morgan fingerprint density at radius 3 is 2.54 bits per heavy atom. The first-order valence-corrected chi connectivity index (χ1v) is 18.0. The summed E-state index contributed by atoms with van der Waals surface area (Å²) in [5, 5.41) is 10.8. The summed E-state index contributed by atoms with van der Waals surface area (Å²) >= 11 is 0. The van der Waals surface area contributed by atoms with E-state index in [1.165, 1.54) is 41.2 Å². The molecule has 14 heteroatoms. The van der Waals surface area contributed by atoms with Crippen LogP contribution in [0.2, 0.25) is 0 Å². The van der Waals surface area contributed by atoms with Gasteiger partial charge in [0.05, 0.1) is 23.3 Å². The molecule has 5 aromatic rings. The van der Waals surface area contributed by atoms with Crippen molar-refractivity contribution in [3.63, 3.8) is 0 Å². The summed E-state index contributed by atoms with van der Waals surface area (Å²) < 4.78 is 19.8. The summed E-state index contributed by atoms with van der Waals surface area (Å²) in [6.07, 6.45) is 10.2. The Hall–Kier alpha value is -5.24. The molecule has 272 valence electrons. The number of para-hydroxylation sites is 1. The number of rotatable bonds is 5. The fourth-order valence-corrected chi connectivity index (χ4v) is 7.80. The van der Waals surface area contributed by atoms with Crippen LogP contribution in [0.3, 0.4) is 0 Å². The number of piperidine rings is 2. The number of pyridine rings is 2. The lowest BCUT2D eigenvalue weighted by Gasteiger charge is -2.32. The number of imide groups is 1. The fraction of sp³-hybridized carbons (Fsp3) is 0.447. The minimum Gasteiger partial charge on any atom is -0.305 e. The molecule has 3 fully saturated rings. The maximum atomic E-state index is 14.8. The van der Waals surface area contributed by atoms with Crippen molar-refractivity contribution in [1.82, 2.24) is 39.1 Å². The smallest absolute Gasteiger partial charge is 0.305 e. The van der Waals surface area contributed by atoms with Crippen molar-refractivity contribution in [3.8, 4) is 0 Å². The Labute approximate surface area is 300 Å². The number of imidazole rings is 1. The van der Waals surface area contributed by atoms with E-state index in [2.05, 4.69) is 36.6 Å². The third kappa shape index (κ3) is 7.11. The fourth-order valence-electron chi connectivity index (χ4n) is 7.80. The van der Waals surface area contributed by atoms with E-state index < -0.39 is 18.1 Å². The first-order chi connectivity index (χ1) is 25.1. The molecule has 3 atom stereocenters. The van der Waals surface area contributed by atoms with Gasteiger partial charge in [-0.1, -0.05) is 37.5 Å². The molecule has 2 aliphatic heterocycles. The second kappa shape index (κ2) is 14.8. The average Bonchev–Trinajstić information content (AvgIpc) is 3.67. The van der Waals surface area contributed by atoms with Gasteiger partial charge in [0.2, 0.25) is 11.8 Å². The normalized spacial score (nSPS) is 21.5. The van der Waals surface area contributed by atoms with Crippen molar-refractivity contribution in [2.75, 3.05) is 25.5 Å². The van der Waals surface area contributed by atoms with E-state index in [4.69, 9.17) is 0 Å². The second-order valence-corrected chi connectivity index (χ2v) is 14.2. The molecule has 1 aliphatic carbocycles. The van der Waals surface area contributed by atoms with Crippen LogP contribution in [0.4, 0.5) is 10.2 Å². The Morgan fingerprint density at radius 1 is 1.00 bits per heavy atom. The van der Waals surface area contributed by atoms with Crippen LogP contribution in [0.15, 0.2) is 59.7 Å². The van der Waals surface area contributed by atoms with Crippen molar-refractivity contribution in [3.05, 3.63) is 82.3 Å². The third-order valence-corrected chi connectivity index (χ3v) is 10.5. The molecule has 2 N–H and O–H groups in total. The van der Waals surface area contributed by atoms with Crippen LogP contribution in [-0.2, 0) is 16.6 Å². The Kier molecular flexibility index (Phi) is 10.00. The molecule has 0 spiro atoms. The molecule has 8 rings (SSSR count). The lowest BCUT2D eigenvalue weighted by atomic mass is 9.87. The van der Waals surface area contributed by atoms with Crippen LogP contribution < -0.4 is 16.3 Å². The second-order valence-electron chi connectivity index (χ2n) is 14.2. The van der Waals surface area contributed by atoms with Crippen molar-refractivity contribution in [1.29, 1.82) is 0 Å². The van der Waals surface area contributed by atoms with Crippen LogP contribution in [-0.4, -0.2) is 77.8 Å². The summed E-state index contributed by atoms with van der Waals surface area (Å²) in [6, 6.07) is 12.5. The number of hydrogen-bond donors (Lipinski definition) is 2. The third-order valence-electron chi connectivity index (χ3n) is 10.5. The molecule has 0 bridgehead atoms. The molecule has 3 aliphatic rings. The van der Waals surface area contributed by atoms with E-state index in [1.54, 1.807) is 25.4 Å². The number of benzene rings is 1. The zero-order valence-electron chi connectivity index (χ0n) is 29.7. The summed E-state index contributed by atoms with van der Waals surface area (Å²) in [5.41, 5.74) is 3.82.